The first-order valence-corrected chi connectivity index (χ1v) is 5.78. The molecule has 0 saturated carbocycles. The predicted molar refractivity (Wildman–Crippen MR) is 64.3 cm³/mol. The maximum absolute atomic E-state index is 13.3. The summed E-state index contributed by atoms with van der Waals surface area (Å²) in [7, 11) is 0. The minimum atomic E-state index is -1.44. The number of carbonyl (C=O) groups excluding carboxylic acids is 2. The van der Waals surface area contributed by atoms with Gasteiger partial charge in [0, 0.05) is 12.8 Å². The van der Waals surface area contributed by atoms with E-state index in [9.17, 15) is 18.8 Å². The molecular formula is C13H12FNO4. The van der Waals surface area contributed by atoms with Crippen molar-refractivity contribution in [1.29, 1.82) is 0 Å². The number of amides is 2. The number of nitrogens with zero attached hydrogens (tertiary/aromatic N) is 1. The summed E-state index contributed by atoms with van der Waals surface area (Å²) in [6.07, 6.45) is 0.428. The molecule has 0 radical (unpaired) electrons. The fourth-order valence-electron chi connectivity index (χ4n) is 2.09. The van der Waals surface area contributed by atoms with Crippen LogP contribution in [0.2, 0.25) is 0 Å². The Morgan fingerprint density at radius 1 is 1.32 bits per heavy atom. The van der Waals surface area contributed by atoms with Crippen molar-refractivity contribution in [1.82, 2.24) is 0 Å². The summed E-state index contributed by atoms with van der Waals surface area (Å²) >= 11 is 0. The maximum atomic E-state index is 13.3. The molecule has 6 heteroatoms. The Kier molecular flexibility index (Phi) is 3.33. The number of halogens is 1. The summed E-state index contributed by atoms with van der Waals surface area (Å²) < 4.78 is 13.3. The molecule has 2 rings (SSSR count). The van der Waals surface area contributed by atoms with Crippen molar-refractivity contribution in [3.05, 3.63) is 29.6 Å². The first kappa shape index (κ1) is 13.2. The predicted octanol–water partition coefficient (Wildman–Crippen LogP) is 1.81. The molecule has 0 aliphatic carbocycles. The van der Waals surface area contributed by atoms with Gasteiger partial charge in [0.2, 0.25) is 11.8 Å². The Morgan fingerprint density at radius 2 is 1.89 bits per heavy atom. The zero-order chi connectivity index (χ0) is 14.2. The largest absolute Gasteiger partial charge is 0.478 e. The van der Waals surface area contributed by atoms with Crippen LogP contribution < -0.4 is 4.90 Å². The number of carboxylic acid groups (broad SMARTS) is 1. The van der Waals surface area contributed by atoms with E-state index in [2.05, 4.69) is 0 Å². The van der Waals surface area contributed by atoms with Crippen molar-refractivity contribution < 1.29 is 23.9 Å². The Bertz CT molecular complexity index is 552. The third kappa shape index (κ3) is 2.47. The molecule has 0 aromatic heterocycles. The minimum absolute atomic E-state index is 0.0318. The Balaban J connectivity index is 2.41. The van der Waals surface area contributed by atoms with Crippen LogP contribution in [0.3, 0.4) is 0 Å². The second-order valence-corrected chi connectivity index (χ2v) is 4.61. The van der Waals surface area contributed by atoms with E-state index in [-0.39, 0.29) is 24.4 Å². The Labute approximate surface area is 108 Å². The highest BCUT2D eigenvalue weighted by atomic mass is 19.1. The number of carboxylic acids is 1. The molecule has 100 valence electrons. The number of carbonyl (C=O) groups is 3. The zero-order valence-corrected chi connectivity index (χ0v) is 10.2. The number of aromatic carboxylic acids is 1. The molecule has 1 saturated heterocycles. The van der Waals surface area contributed by atoms with Crippen molar-refractivity contribution in [2.45, 2.75) is 19.8 Å². The van der Waals surface area contributed by atoms with Crippen LogP contribution in [0, 0.1) is 11.7 Å². The van der Waals surface area contributed by atoms with Crippen LogP contribution in [-0.4, -0.2) is 22.9 Å². The van der Waals surface area contributed by atoms with Crippen LogP contribution in [0.5, 0.6) is 0 Å². The van der Waals surface area contributed by atoms with Gasteiger partial charge in [0.1, 0.15) is 5.82 Å². The van der Waals surface area contributed by atoms with E-state index in [1.54, 1.807) is 6.92 Å². The van der Waals surface area contributed by atoms with Crippen LogP contribution in [0.15, 0.2) is 18.2 Å². The van der Waals surface area contributed by atoms with E-state index in [1.807, 2.05) is 0 Å². The number of rotatable bonds is 2. The topological polar surface area (TPSA) is 74.7 Å². The highest BCUT2D eigenvalue weighted by Crippen LogP contribution is 2.26. The molecule has 1 N–H and O–H groups in total. The molecule has 0 unspecified atom stereocenters. The van der Waals surface area contributed by atoms with Crippen molar-refractivity contribution in [2.75, 3.05) is 4.90 Å². The Morgan fingerprint density at radius 3 is 2.42 bits per heavy atom. The van der Waals surface area contributed by atoms with Gasteiger partial charge in [-0.1, -0.05) is 6.92 Å². The molecule has 0 bridgehead atoms. The standard InChI is InChI=1S/C13H12FNO4/c1-7-4-11(16)15(12(17)5-7)8-2-3-10(14)9(6-8)13(18)19/h2-3,6-7H,4-5H2,1H3,(H,18,19). The summed E-state index contributed by atoms with van der Waals surface area (Å²) in [5.41, 5.74) is -0.461. The third-order valence-corrected chi connectivity index (χ3v) is 2.98. The summed E-state index contributed by atoms with van der Waals surface area (Å²) in [6, 6.07) is 3.17. The molecular weight excluding hydrogens is 253 g/mol. The third-order valence-electron chi connectivity index (χ3n) is 2.98. The van der Waals surface area contributed by atoms with E-state index in [4.69, 9.17) is 5.11 Å². The lowest BCUT2D eigenvalue weighted by atomic mass is 9.97. The molecule has 1 aromatic carbocycles. The van der Waals surface area contributed by atoms with Gasteiger partial charge in [-0.3, -0.25) is 14.5 Å². The van der Waals surface area contributed by atoms with Crippen molar-refractivity contribution >= 4 is 23.5 Å². The summed E-state index contributed by atoms with van der Waals surface area (Å²) in [5, 5.41) is 8.83. The van der Waals surface area contributed by atoms with Crippen LogP contribution >= 0.6 is 0 Å². The lowest BCUT2D eigenvalue weighted by Crippen LogP contribution is -2.43. The van der Waals surface area contributed by atoms with E-state index < -0.39 is 29.2 Å². The van der Waals surface area contributed by atoms with Gasteiger partial charge in [-0.25, -0.2) is 9.18 Å². The molecule has 5 nitrogen and oxygen atoms in total. The molecule has 2 amide bonds. The average Bonchev–Trinajstić information content (AvgIpc) is 2.29. The fraction of sp³-hybridized carbons (Fsp3) is 0.308. The number of imide groups is 1. The summed E-state index contributed by atoms with van der Waals surface area (Å²) in [6.45, 7) is 1.79. The summed E-state index contributed by atoms with van der Waals surface area (Å²) in [5.74, 6) is -3.17. The van der Waals surface area contributed by atoms with Gasteiger partial charge in [0.15, 0.2) is 0 Å². The van der Waals surface area contributed by atoms with E-state index in [1.165, 1.54) is 6.07 Å². The smallest absolute Gasteiger partial charge is 0.338 e. The van der Waals surface area contributed by atoms with E-state index >= 15 is 0 Å². The van der Waals surface area contributed by atoms with Gasteiger partial charge in [0.05, 0.1) is 11.3 Å². The average molecular weight is 265 g/mol. The molecule has 0 spiro atoms. The summed E-state index contributed by atoms with van der Waals surface area (Å²) in [4.78, 5) is 35.5. The molecule has 1 aromatic rings. The van der Waals surface area contributed by atoms with Crippen LogP contribution in [-0.2, 0) is 9.59 Å². The molecule has 1 fully saturated rings. The van der Waals surface area contributed by atoms with Gasteiger partial charge in [-0.2, -0.15) is 0 Å². The monoisotopic (exact) mass is 265 g/mol. The lowest BCUT2D eigenvalue weighted by molar-refractivity contribution is -0.130. The van der Waals surface area contributed by atoms with Crippen molar-refractivity contribution in [3.8, 4) is 0 Å². The normalized spacial score (nSPS) is 16.8. The first-order valence-electron chi connectivity index (χ1n) is 5.78. The van der Waals surface area contributed by atoms with Crippen molar-refractivity contribution in [3.63, 3.8) is 0 Å². The molecule has 0 atom stereocenters. The second kappa shape index (κ2) is 4.79. The number of hydrogen-bond acceptors (Lipinski definition) is 3. The Hall–Kier alpha value is -2.24. The number of anilines is 1. The van der Waals surface area contributed by atoms with Gasteiger partial charge in [-0.15, -0.1) is 0 Å². The van der Waals surface area contributed by atoms with E-state index in [0.717, 1.165) is 17.0 Å². The first-order chi connectivity index (χ1) is 8.90. The number of hydrogen-bond donors (Lipinski definition) is 1. The van der Waals surface area contributed by atoms with Crippen LogP contribution in [0.4, 0.5) is 10.1 Å². The minimum Gasteiger partial charge on any atom is -0.478 e. The molecule has 19 heavy (non-hydrogen) atoms. The van der Waals surface area contributed by atoms with Crippen molar-refractivity contribution in [2.24, 2.45) is 5.92 Å². The van der Waals surface area contributed by atoms with Crippen LogP contribution in [0.1, 0.15) is 30.1 Å². The highest BCUT2D eigenvalue weighted by molar-refractivity contribution is 6.16. The van der Waals surface area contributed by atoms with Gasteiger partial charge < -0.3 is 5.11 Å². The van der Waals surface area contributed by atoms with Gasteiger partial charge in [0.25, 0.3) is 0 Å². The fourth-order valence-corrected chi connectivity index (χ4v) is 2.09. The lowest BCUT2D eigenvalue weighted by Gasteiger charge is -2.28. The van der Waals surface area contributed by atoms with Crippen LogP contribution in [0.25, 0.3) is 0 Å². The zero-order valence-electron chi connectivity index (χ0n) is 10.2. The van der Waals surface area contributed by atoms with Gasteiger partial charge in [-0.05, 0) is 24.1 Å². The second-order valence-electron chi connectivity index (χ2n) is 4.61. The molecule has 1 heterocycles. The van der Waals surface area contributed by atoms with E-state index in [0.29, 0.717) is 0 Å². The SMILES string of the molecule is CC1CC(=O)N(c2ccc(F)c(C(=O)O)c2)C(=O)C1. The number of piperidine rings is 1. The quantitative estimate of drug-likeness (QED) is 0.827. The number of benzene rings is 1. The molecule has 1 aliphatic heterocycles. The highest BCUT2D eigenvalue weighted by Gasteiger charge is 2.32. The maximum Gasteiger partial charge on any atom is 0.338 e. The van der Waals surface area contributed by atoms with Gasteiger partial charge >= 0.3 is 5.97 Å². The molecule has 1 aliphatic rings.